The van der Waals surface area contributed by atoms with Crippen molar-refractivity contribution in [1.82, 2.24) is 0 Å². The van der Waals surface area contributed by atoms with Crippen LogP contribution in [0.25, 0.3) is 0 Å². The molecule has 0 spiro atoms. The summed E-state index contributed by atoms with van der Waals surface area (Å²) in [4.78, 5) is 11.4. The van der Waals surface area contributed by atoms with E-state index in [0.29, 0.717) is 35.3 Å². The summed E-state index contributed by atoms with van der Waals surface area (Å²) < 4.78 is 10.7. The zero-order chi connectivity index (χ0) is 12.1. The van der Waals surface area contributed by atoms with Crippen LogP contribution in [0.2, 0.25) is 5.02 Å². The largest absolute Gasteiger partial charge is 0.493 e. The molecule has 3 nitrogen and oxygen atoms in total. The summed E-state index contributed by atoms with van der Waals surface area (Å²) in [7, 11) is 0. The number of ether oxygens (including phenoxy) is 2. The van der Waals surface area contributed by atoms with E-state index in [1.165, 1.54) is 6.92 Å². The van der Waals surface area contributed by atoms with Gasteiger partial charge in [-0.25, -0.2) is 0 Å². The predicted octanol–water partition coefficient (Wildman–Crippen LogP) is 3.34. The number of carbonyl (C=O) groups excluding carboxylic acids is 1. The number of hydrogen-bond acceptors (Lipinski definition) is 3. The molecule has 0 aromatic heterocycles. The third kappa shape index (κ3) is 2.89. The van der Waals surface area contributed by atoms with Gasteiger partial charge in [0.1, 0.15) is 11.5 Å². The van der Waals surface area contributed by atoms with Gasteiger partial charge < -0.3 is 9.47 Å². The molecule has 0 fully saturated rings. The van der Waals surface area contributed by atoms with Crippen LogP contribution in [0.1, 0.15) is 31.1 Å². The fraction of sp³-hybridized carbons (Fsp3) is 0.417. The summed E-state index contributed by atoms with van der Waals surface area (Å²) in [5.41, 5.74) is 0.495. The summed E-state index contributed by atoms with van der Waals surface area (Å²) in [6.45, 7) is 6.20. The van der Waals surface area contributed by atoms with Crippen molar-refractivity contribution in [2.24, 2.45) is 0 Å². The summed E-state index contributed by atoms with van der Waals surface area (Å²) in [5, 5.41) is 0.454. The Morgan fingerprint density at radius 1 is 1.19 bits per heavy atom. The predicted molar refractivity (Wildman–Crippen MR) is 63.8 cm³/mol. The number of rotatable bonds is 5. The minimum absolute atomic E-state index is 0.0685. The quantitative estimate of drug-likeness (QED) is 0.743. The number of carbonyl (C=O) groups is 1. The normalized spacial score (nSPS) is 10.0. The van der Waals surface area contributed by atoms with Crippen LogP contribution in [-0.2, 0) is 0 Å². The van der Waals surface area contributed by atoms with Crippen molar-refractivity contribution in [3.05, 3.63) is 22.7 Å². The van der Waals surface area contributed by atoms with E-state index >= 15 is 0 Å². The minimum Gasteiger partial charge on any atom is -0.493 e. The van der Waals surface area contributed by atoms with Crippen molar-refractivity contribution in [2.75, 3.05) is 13.2 Å². The maximum absolute atomic E-state index is 11.4. The molecule has 0 atom stereocenters. The average molecular weight is 243 g/mol. The highest BCUT2D eigenvalue weighted by Gasteiger charge is 2.13. The van der Waals surface area contributed by atoms with E-state index in [1.54, 1.807) is 12.1 Å². The summed E-state index contributed by atoms with van der Waals surface area (Å²) in [5.74, 6) is 0.947. The van der Waals surface area contributed by atoms with Gasteiger partial charge in [-0.3, -0.25) is 4.79 Å². The first kappa shape index (κ1) is 12.8. The average Bonchev–Trinajstić information content (AvgIpc) is 2.22. The van der Waals surface area contributed by atoms with Gasteiger partial charge in [-0.2, -0.15) is 0 Å². The molecule has 0 aliphatic rings. The maximum atomic E-state index is 11.4. The van der Waals surface area contributed by atoms with E-state index in [9.17, 15) is 4.79 Å². The first-order valence-electron chi connectivity index (χ1n) is 5.20. The van der Waals surface area contributed by atoms with Gasteiger partial charge in [-0.15, -0.1) is 0 Å². The Kier molecular flexibility index (Phi) is 4.62. The van der Waals surface area contributed by atoms with Crippen LogP contribution < -0.4 is 9.47 Å². The van der Waals surface area contributed by atoms with Gasteiger partial charge in [0, 0.05) is 6.07 Å². The molecular weight excluding hydrogens is 228 g/mol. The number of halogens is 1. The highest BCUT2D eigenvalue weighted by atomic mass is 35.5. The van der Waals surface area contributed by atoms with Gasteiger partial charge in [-0.1, -0.05) is 11.6 Å². The van der Waals surface area contributed by atoms with Crippen LogP contribution in [0.3, 0.4) is 0 Å². The zero-order valence-corrected chi connectivity index (χ0v) is 10.4. The number of ketones is 1. The van der Waals surface area contributed by atoms with Crippen molar-refractivity contribution >= 4 is 17.4 Å². The third-order valence-corrected chi connectivity index (χ3v) is 2.31. The van der Waals surface area contributed by atoms with E-state index in [1.807, 2.05) is 13.8 Å². The van der Waals surface area contributed by atoms with Crippen molar-refractivity contribution in [3.8, 4) is 11.5 Å². The smallest absolute Gasteiger partial charge is 0.163 e. The van der Waals surface area contributed by atoms with E-state index in [4.69, 9.17) is 21.1 Å². The van der Waals surface area contributed by atoms with Crippen LogP contribution in [0.4, 0.5) is 0 Å². The summed E-state index contributed by atoms with van der Waals surface area (Å²) in [6, 6.07) is 3.24. The molecule has 0 saturated carbocycles. The molecule has 1 aromatic rings. The van der Waals surface area contributed by atoms with Crippen LogP contribution in [0, 0.1) is 0 Å². The van der Waals surface area contributed by atoms with E-state index in [-0.39, 0.29) is 5.78 Å². The fourth-order valence-corrected chi connectivity index (χ4v) is 1.56. The lowest BCUT2D eigenvalue weighted by molar-refractivity contribution is 0.101. The van der Waals surface area contributed by atoms with Crippen LogP contribution in [0.15, 0.2) is 12.1 Å². The van der Waals surface area contributed by atoms with Crippen molar-refractivity contribution < 1.29 is 14.3 Å². The second-order valence-electron chi connectivity index (χ2n) is 3.20. The summed E-state index contributed by atoms with van der Waals surface area (Å²) in [6.07, 6.45) is 0. The Morgan fingerprint density at radius 3 is 2.25 bits per heavy atom. The molecule has 0 radical (unpaired) electrons. The lowest BCUT2D eigenvalue weighted by Crippen LogP contribution is -2.02. The molecule has 0 amide bonds. The standard InChI is InChI=1S/C12H15ClO3/c1-4-15-11-7-10(13)12(16-5-2)6-9(11)8(3)14/h6-7H,4-5H2,1-3H3. The molecule has 0 aliphatic heterocycles. The molecule has 88 valence electrons. The Bertz CT molecular complexity index is 388. The van der Waals surface area contributed by atoms with Crippen molar-refractivity contribution in [2.45, 2.75) is 20.8 Å². The molecule has 0 N–H and O–H groups in total. The number of Topliss-reactive ketones (excluding diaryl/α,β-unsaturated/α-hetero) is 1. The second-order valence-corrected chi connectivity index (χ2v) is 3.61. The Morgan fingerprint density at radius 2 is 1.75 bits per heavy atom. The van der Waals surface area contributed by atoms with Gasteiger partial charge >= 0.3 is 0 Å². The zero-order valence-electron chi connectivity index (χ0n) is 9.67. The van der Waals surface area contributed by atoms with Gasteiger partial charge in [0.15, 0.2) is 5.78 Å². The SMILES string of the molecule is CCOc1cc(C(C)=O)c(OCC)cc1Cl. The molecule has 16 heavy (non-hydrogen) atoms. The van der Waals surface area contributed by atoms with E-state index in [2.05, 4.69) is 0 Å². The topological polar surface area (TPSA) is 35.5 Å². The molecule has 0 aliphatic carbocycles. The number of benzene rings is 1. The second kappa shape index (κ2) is 5.75. The van der Waals surface area contributed by atoms with Crippen molar-refractivity contribution in [3.63, 3.8) is 0 Å². The molecule has 0 saturated heterocycles. The minimum atomic E-state index is -0.0685. The molecule has 1 rings (SSSR count). The Hall–Kier alpha value is -1.22. The molecular formula is C12H15ClO3. The van der Waals surface area contributed by atoms with Gasteiger partial charge in [0.25, 0.3) is 0 Å². The molecule has 0 heterocycles. The van der Waals surface area contributed by atoms with E-state index < -0.39 is 0 Å². The van der Waals surface area contributed by atoms with Crippen LogP contribution in [-0.4, -0.2) is 19.0 Å². The maximum Gasteiger partial charge on any atom is 0.163 e. The summed E-state index contributed by atoms with van der Waals surface area (Å²) >= 11 is 6.00. The van der Waals surface area contributed by atoms with Gasteiger partial charge in [0.2, 0.25) is 0 Å². The fourth-order valence-electron chi connectivity index (χ4n) is 1.35. The lowest BCUT2D eigenvalue weighted by Gasteiger charge is -2.12. The molecule has 4 heteroatoms. The Balaban J connectivity index is 3.19. The first-order chi connectivity index (χ1) is 7.60. The Labute approximate surface area is 100 Å². The van der Waals surface area contributed by atoms with Crippen LogP contribution >= 0.6 is 11.6 Å². The molecule has 1 aromatic carbocycles. The monoisotopic (exact) mass is 242 g/mol. The highest BCUT2D eigenvalue weighted by molar-refractivity contribution is 6.32. The first-order valence-corrected chi connectivity index (χ1v) is 5.58. The van der Waals surface area contributed by atoms with Crippen LogP contribution in [0.5, 0.6) is 11.5 Å². The number of hydrogen-bond donors (Lipinski definition) is 0. The molecule has 0 bridgehead atoms. The van der Waals surface area contributed by atoms with Gasteiger partial charge in [0.05, 0.1) is 23.8 Å². The third-order valence-electron chi connectivity index (χ3n) is 2.01. The molecule has 0 unspecified atom stereocenters. The lowest BCUT2D eigenvalue weighted by atomic mass is 10.1. The van der Waals surface area contributed by atoms with Crippen molar-refractivity contribution in [1.29, 1.82) is 0 Å². The highest BCUT2D eigenvalue weighted by Crippen LogP contribution is 2.33. The van der Waals surface area contributed by atoms with Gasteiger partial charge in [-0.05, 0) is 26.8 Å². The van der Waals surface area contributed by atoms with E-state index in [0.717, 1.165) is 0 Å².